The highest BCUT2D eigenvalue weighted by Crippen LogP contribution is 2.39. The molecule has 2 aromatic carbocycles. The van der Waals surface area contributed by atoms with Crippen LogP contribution >= 0.6 is 0 Å². The van der Waals surface area contributed by atoms with Crippen molar-refractivity contribution >= 4 is 11.8 Å². The summed E-state index contributed by atoms with van der Waals surface area (Å²) in [4.78, 5) is 24.8. The second kappa shape index (κ2) is 9.41. The van der Waals surface area contributed by atoms with Crippen LogP contribution in [-0.4, -0.2) is 25.0 Å². The van der Waals surface area contributed by atoms with E-state index in [2.05, 4.69) is 5.32 Å². The van der Waals surface area contributed by atoms with E-state index in [1.54, 1.807) is 24.3 Å². The summed E-state index contributed by atoms with van der Waals surface area (Å²) in [6.45, 7) is 0. The Morgan fingerprint density at radius 3 is 2.42 bits per heavy atom. The van der Waals surface area contributed by atoms with Crippen LogP contribution in [-0.2, 0) is 11.0 Å². The molecule has 3 N–H and O–H groups in total. The summed E-state index contributed by atoms with van der Waals surface area (Å²) in [5.74, 6) is -2.29. The number of nitrogens with two attached hydrogens (primary N) is 1. The number of ether oxygens (including phenoxy) is 1. The van der Waals surface area contributed by atoms with Gasteiger partial charge in [-0.25, -0.2) is 0 Å². The van der Waals surface area contributed by atoms with Crippen molar-refractivity contribution < 1.29 is 27.5 Å². The molecule has 5 nitrogen and oxygen atoms in total. The number of methoxy groups -OCH3 is 1. The zero-order valence-electron chi connectivity index (χ0n) is 17.2. The molecule has 1 atom stereocenters. The van der Waals surface area contributed by atoms with E-state index in [1.807, 2.05) is 0 Å². The monoisotopic (exact) mass is 434 g/mol. The molecule has 166 valence electrons. The molecule has 0 heterocycles. The maximum atomic E-state index is 13.9. The number of halogens is 3. The molecule has 1 aliphatic rings. The van der Waals surface area contributed by atoms with Gasteiger partial charge in [-0.15, -0.1) is 0 Å². The van der Waals surface area contributed by atoms with Gasteiger partial charge in [-0.3, -0.25) is 9.59 Å². The van der Waals surface area contributed by atoms with E-state index < -0.39 is 29.5 Å². The van der Waals surface area contributed by atoms with E-state index in [4.69, 9.17) is 10.5 Å². The largest absolute Gasteiger partial charge is 0.497 e. The molecule has 0 spiro atoms. The lowest BCUT2D eigenvalue weighted by Gasteiger charge is -2.27. The average Bonchev–Trinajstić information content (AvgIpc) is 2.74. The number of carbonyl (C=O) groups is 2. The van der Waals surface area contributed by atoms with Gasteiger partial charge in [-0.1, -0.05) is 37.5 Å². The summed E-state index contributed by atoms with van der Waals surface area (Å²) in [5, 5.41) is 2.93. The zero-order valence-corrected chi connectivity index (χ0v) is 17.2. The van der Waals surface area contributed by atoms with Crippen LogP contribution in [0.4, 0.5) is 13.2 Å². The second-order valence-electron chi connectivity index (χ2n) is 7.72. The molecule has 3 rings (SSSR count). The fourth-order valence-corrected chi connectivity index (χ4v) is 4.03. The summed E-state index contributed by atoms with van der Waals surface area (Å²) in [5.41, 5.74) is 3.98. The topological polar surface area (TPSA) is 81.4 Å². The molecule has 8 heteroatoms. The number of amides is 2. The lowest BCUT2D eigenvalue weighted by molar-refractivity contribution is -0.138. The minimum Gasteiger partial charge on any atom is -0.497 e. The highest BCUT2D eigenvalue weighted by molar-refractivity contribution is 5.94. The zero-order chi connectivity index (χ0) is 22.6. The smallest absolute Gasteiger partial charge is 0.416 e. The summed E-state index contributed by atoms with van der Waals surface area (Å²) in [6, 6.07) is 9.43. The van der Waals surface area contributed by atoms with Gasteiger partial charge in [0.15, 0.2) is 0 Å². The van der Waals surface area contributed by atoms with Crippen molar-refractivity contribution in [3.8, 4) is 5.75 Å². The quantitative estimate of drug-likeness (QED) is 0.707. The van der Waals surface area contributed by atoms with E-state index in [1.165, 1.54) is 13.2 Å². The van der Waals surface area contributed by atoms with Crippen LogP contribution in [0.25, 0.3) is 0 Å². The summed E-state index contributed by atoms with van der Waals surface area (Å²) >= 11 is 0. The third-order valence-corrected chi connectivity index (χ3v) is 5.60. The van der Waals surface area contributed by atoms with Gasteiger partial charge in [0, 0.05) is 11.6 Å². The molecule has 2 aromatic rings. The van der Waals surface area contributed by atoms with Crippen molar-refractivity contribution in [1.82, 2.24) is 5.32 Å². The van der Waals surface area contributed by atoms with Crippen molar-refractivity contribution in [2.45, 2.75) is 50.2 Å². The lowest BCUT2D eigenvalue weighted by Crippen LogP contribution is -2.40. The summed E-state index contributed by atoms with van der Waals surface area (Å²) in [6.07, 6.45) is -0.167. The first-order chi connectivity index (χ1) is 14.7. The Bertz CT molecular complexity index is 953. The van der Waals surface area contributed by atoms with E-state index in [0.717, 1.165) is 38.2 Å². The van der Waals surface area contributed by atoms with Crippen molar-refractivity contribution in [1.29, 1.82) is 0 Å². The molecule has 1 fully saturated rings. The van der Waals surface area contributed by atoms with Crippen molar-refractivity contribution in [2.24, 2.45) is 5.73 Å². The lowest BCUT2D eigenvalue weighted by atomic mass is 9.85. The fourth-order valence-electron chi connectivity index (χ4n) is 4.03. The van der Waals surface area contributed by atoms with E-state index >= 15 is 0 Å². The number of carbonyl (C=O) groups excluding carboxylic acids is 2. The van der Waals surface area contributed by atoms with Crippen molar-refractivity contribution in [3.63, 3.8) is 0 Å². The molecule has 0 bridgehead atoms. The predicted octanol–water partition coefficient (Wildman–Crippen LogP) is 4.39. The van der Waals surface area contributed by atoms with Crippen LogP contribution in [0.1, 0.15) is 65.1 Å². The Kier molecular flexibility index (Phi) is 6.87. The number of hydrogen-bond acceptors (Lipinski definition) is 3. The molecule has 1 saturated carbocycles. The van der Waals surface area contributed by atoms with Crippen LogP contribution in [0.5, 0.6) is 5.75 Å². The third kappa shape index (κ3) is 5.37. The SMILES string of the molecule is COc1cccc(C(C(=O)NC2CCCCC2)c2ccc(C(N)=O)cc2C(F)(F)F)c1. The number of primary amides is 1. The Morgan fingerprint density at radius 1 is 1.10 bits per heavy atom. The van der Waals surface area contributed by atoms with Gasteiger partial charge >= 0.3 is 6.18 Å². The Hall–Kier alpha value is -3.03. The normalized spacial score (nSPS) is 15.9. The van der Waals surface area contributed by atoms with Crippen LogP contribution in [0.2, 0.25) is 0 Å². The standard InChI is InChI=1S/C23H25F3N2O3/c1-31-17-9-5-6-14(12-17)20(22(30)28-16-7-3-2-4-8-16)18-11-10-15(21(27)29)13-19(18)23(24,25)26/h5-6,9-13,16,20H,2-4,7-8H2,1H3,(H2,27,29)(H,28,30). The number of nitrogens with one attached hydrogen (secondary N) is 1. The molecule has 31 heavy (non-hydrogen) atoms. The van der Waals surface area contributed by atoms with Gasteiger partial charge in [-0.05, 0) is 48.2 Å². The molecule has 2 amide bonds. The maximum Gasteiger partial charge on any atom is 0.416 e. The minimum absolute atomic E-state index is 0.0754. The first kappa shape index (κ1) is 22.7. The molecule has 0 aromatic heterocycles. The molecule has 0 radical (unpaired) electrons. The summed E-state index contributed by atoms with van der Waals surface area (Å²) < 4.78 is 47.0. The van der Waals surface area contributed by atoms with Gasteiger partial charge in [0.1, 0.15) is 5.75 Å². The number of benzene rings is 2. The van der Waals surface area contributed by atoms with Crippen LogP contribution in [0.3, 0.4) is 0 Å². The van der Waals surface area contributed by atoms with Crippen LogP contribution in [0.15, 0.2) is 42.5 Å². The fraction of sp³-hybridized carbons (Fsp3) is 0.391. The van der Waals surface area contributed by atoms with E-state index in [9.17, 15) is 22.8 Å². The summed E-state index contributed by atoms with van der Waals surface area (Å²) in [7, 11) is 1.44. The molecule has 1 unspecified atom stereocenters. The predicted molar refractivity (Wildman–Crippen MR) is 110 cm³/mol. The average molecular weight is 434 g/mol. The van der Waals surface area contributed by atoms with E-state index in [-0.39, 0.29) is 17.2 Å². The van der Waals surface area contributed by atoms with Crippen LogP contribution in [0, 0.1) is 0 Å². The molecular weight excluding hydrogens is 409 g/mol. The highest BCUT2D eigenvalue weighted by Gasteiger charge is 2.38. The molecular formula is C23H25F3N2O3. The first-order valence-electron chi connectivity index (χ1n) is 10.2. The van der Waals surface area contributed by atoms with Gasteiger partial charge in [0.25, 0.3) is 0 Å². The number of alkyl halides is 3. The first-order valence-corrected chi connectivity index (χ1v) is 10.2. The Balaban J connectivity index is 2.11. The Morgan fingerprint density at radius 2 is 1.81 bits per heavy atom. The third-order valence-electron chi connectivity index (χ3n) is 5.60. The van der Waals surface area contributed by atoms with Crippen molar-refractivity contribution in [3.05, 3.63) is 64.7 Å². The van der Waals surface area contributed by atoms with Gasteiger partial charge < -0.3 is 15.8 Å². The second-order valence-corrected chi connectivity index (χ2v) is 7.72. The molecule has 0 aliphatic heterocycles. The minimum atomic E-state index is -4.77. The van der Waals surface area contributed by atoms with Crippen molar-refractivity contribution in [2.75, 3.05) is 7.11 Å². The maximum absolute atomic E-state index is 13.9. The number of rotatable bonds is 6. The Labute approximate surface area is 178 Å². The number of hydrogen-bond donors (Lipinski definition) is 2. The van der Waals surface area contributed by atoms with Gasteiger partial charge in [0.2, 0.25) is 11.8 Å². The highest BCUT2D eigenvalue weighted by atomic mass is 19.4. The van der Waals surface area contributed by atoms with E-state index in [0.29, 0.717) is 17.4 Å². The van der Waals surface area contributed by atoms with Gasteiger partial charge in [-0.2, -0.15) is 13.2 Å². The van der Waals surface area contributed by atoms with Gasteiger partial charge in [0.05, 0.1) is 18.6 Å². The molecule has 1 aliphatic carbocycles. The molecule has 0 saturated heterocycles. The van der Waals surface area contributed by atoms with Crippen LogP contribution < -0.4 is 15.8 Å².